The number of carboxylic acid groups (broad SMARTS) is 1. The third-order valence-corrected chi connectivity index (χ3v) is 3.68. The lowest BCUT2D eigenvalue weighted by Crippen LogP contribution is -2.47. The maximum Gasteiger partial charge on any atom is 0.407 e. The Morgan fingerprint density at radius 2 is 1.61 bits per heavy atom. The quantitative estimate of drug-likeness (QED) is 0.655. The molecule has 7 nitrogen and oxygen atoms in total. The average Bonchev–Trinajstić information content (AvgIpc) is 2.44. The number of hydrogen-bond donors (Lipinski definition) is 2. The van der Waals surface area contributed by atoms with E-state index in [9.17, 15) is 9.59 Å². The fourth-order valence-corrected chi connectivity index (χ4v) is 2.46. The first-order valence-corrected chi connectivity index (χ1v) is 8.39. The van der Waals surface area contributed by atoms with Crippen molar-refractivity contribution >= 4 is 12.1 Å². The van der Waals surface area contributed by atoms with Gasteiger partial charge < -0.3 is 25.0 Å². The SMILES string of the molecule is CC(C)(C)OC(=O)NCCCCN1CCN(CCC(=O)O)CC1. The minimum atomic E-state index is -0.732. The lowest BCUT2D eigenvalue weighted by atomic mass is 10.2. The highest BCUT2D eigenvalue weighted by atomic mass is 16.6. The fourth-order valence-electron chi connectivity index (χ4n) is 2.46. The third-order valence-electron chi connectivity index (χ3n) is 3.68. The van der Waals surface area contributed by atoms with Crippen LogP contribution in [-0.4, -0.2) is 78.4 Å². The largest absolute Gasteiger partial charge is 0.481 e. The molecule has 0 saturated carbocycles. The van der Waals surface area contributed by atoms with E-state index in [1.807, 2.05) is 20.8 Å². The van der Waals surface area contributed by atoms with Crippen LogP contribution in [0.15, 0.2) is 0 Å². The van der Waals surface area contributed by atoms with Crippen LogP contribution in [0.25, 0.3) is 0 Å². The summed E-state index contributed by atoms with van der Waals surface area (Å²) in [7, 11) is 0. The molecule has 1 saturated heterocycles. The third kappa shape index (κ3) is 10.1. The molecule has 0 aliphatic carbocycles. The van der Waals surface area contributed by atoms with Crippen molar-refractivity contribution in [3.05, 3.63) is 0 Å². The number of unbranched alkanes of at least 4 members (excludes halogenated alkanes) is 1. The summed E-state index contributed by atoms with van der Waals surface area (Å²) >= 11 is 0. The molecule has 1 fully saturated rings. The van der Waals surface area contributed by atoms with E-state index in [1.54, 1.807) is 0 Å². The molecule has 0 aromatic heterocycles. The molecular weight excluding hydrogens is 298 g/mol. The van der Waals surface area contributed by atoms with E-state index >= 15 is 0 Å². The first-order valence-electron chi connectivity index (χ1n) is 8.39. The van der Waals surface area contributed by atoms with Crippen LogP contribution in [0.5, 0.6) is 0 Å². The van der Waals surface area contributed by atoms with Crippen LogP contribution in [0.4, 0.5) is 4.79 Å². The number of alkyl carbamates (subject to hydrolysis) is 1. The molecule has 134 valence electrons. The predicted molar refractivity (Wildman–Crippen MR) is 88.6 cm³/mol. The highest BCUT2D eigenvalue weighted by Gasteiger charge is 2.17. The molecule has 7 heteroatoms. The Kier molecular flexibility index (Phi) is 8.33. The molecule has 2 N–H and O–H groups in total. The van der Waals surface area contributed by atoms with Gasteiger partial charge in [0, 0.05) is 39.3 Å². The molecule has 0 aromatic carbocycles. The summed E-state index contributed by atoms with van der Waals surface area (Å²) in [6.07, 6.45) is 1.82. The van der Waals surface area contributed by atoms with Gasteiger partial charge in [0.2, 0.25) is 0 Å². The standard InChI is InChI=1S/C16H31N3O4/c1-16(2,3)23-15(22)17-7-4-5-8-18-10-12-19(13-11-18)9-6-14(20)21/h4-13H2,1-3H3,(H,17,22)(H,20,21). The summed E-state index contributed by atoms with van der Waals surface area (Å²) < 4.78 is 5.18. The Balaban J connectivity index is 2.01. The van der Waals surface area contributed by atoms with Crippen LogP contribution in [0.1, 0.15) is 40.0 Å². The topological polar surface area (TPSA) is 82.1 Å². The molecule has 0 aromatic rings. The van der Waals surface area contributed by atoms with Crippen LogP contribution in [0, 0.1) is 0 Å². The number of carbonyl (C=O) groups excluding carboxylic acids is 1. The van der Waals surface area contributed by atoms with E-state index in [1.165, 1.54) is 0 Å². The Labute approximate surface area is 139 Å². The van der Waals surface area contributed by atoms with Crippen molar-refractivity contribution in [3.8, 4) is 0 Å². The molecule has 1 heterocycles. The van der Waals surface area contributed by atoms with Gasteiger partial charge in [-0.15, -0.1) is 0 Å². The summed E-state index contributed by atoms with van der Waals surface area (Å²) in [5, 5.41) is 11.5. The van der Waals surface area contributed by atoms with E-state index in [0.29, 0.717) is 13.1 Å². The summed E-state index contributed by atoms with van der Waals surface area (Å²) in [4.78, 5) is 26.6. The molecule has 1 rings (SSSR count). The molecule has 0 bridgehead atoms. The predicted octanol–water partition coefficient (Wildman–Crippen LogP) is 1.38. The normalized spacial score (nSPS) is 17.0. The van der Waals surface area contributed by atoms with E-state index in [-0.39, 0.29) is 12.5 Å². The smallest absolute Gasteiger partial charge is 0.407 e. The number of carbonyl (C=O) groups is 2. The van der Waals surface area contributed by atoms with Gasteiger partial charge in [0.1, 0.15) is 5.60 Å². The van der Waals surface area contributed by atoms with Gasteiger partial charge in [-0.2, -0.15) is 0 Å². The first kappa shape index (κ1) is 19.7. The van der Waals surface area contributed by atoms with Crippen LogP contribution < -0.4 is 5.32 Å². The van der Waals surface area contributed by atoms with Crippen molar-refractivity contribution in [2.45, 2.75) is 45.6 Å². The Morgan fingerprint density at radius 3 is 2.13 bits per heavy atom. The van der Waals surface area contributed by atoms with Crippen LogP contribution in [0.2, 0.25) is 0 Å². The first-order chi connectivity index (χ1) is 10.8. The second-order valence-corrected chi connectivity index (χ2v) is 6.96. The zero-order chi connectivity index (χ0) is 17.3. The average molecular weight is 329 g/mol. The van der Waals surface area contributed by atoms with E-state index < -0.39 is 11.6 Å². The van der Waals surface area contributed by atoms with Crippen molar-refractivity contribution < 1.29 is 19.4 Å². The highest BCUT2D eigenvalue weighted by molar-refractivity contribution is 5.67. The van der Waals surface area contributed by atoms with Gasteiger partial charge in [0.05, 0.1) is 6.42 Å². The van der Waals surface area contributed by atoms with E-state index in [2.05, 4.69) is 15.1 Å². The maximum absolute atomic E-state index is 11.5. The second kappa shape index (κ2) is 9.72. The number of aliphatic carboxylic acids is 1. The second-order valence-electron chi connectivity index (χ2n) is 6.96. The van der Waals surface area contributed by atoms with Crippen molar-refractivity contribution in [2.24, 2.45) is 0 Å². The van der Waals surface area contributed by atoms with Gasteiger partial charge in [0.25, 0.3) is 0 Å². The van der Waals surface area contributed by atoms with Crippen LogP contribution in [0.3, 0.4) is 0 Å². The monoisotopic (exact) mass is 329 g/mol. The summed E-state index contributed by atoms with van der Waals surface area (Å²) in [5.41, 5.74) is -0.454. The lowest BCUT2D eigenvalue weighted by molar-refractivity contribution is -0.137. The molecule has 0 radical (unpaired) electrons. The van der Waals surface area contributed by atoms with Gasteiger partial charge >= 0.3 is 12.1 Å². The van der Waals surface area contributed by atoms with Crippen LogP contribution >= 0.6 is 0 Å². The van der Waals surface area contributed by atoms with Gasteiger partial charge in [-0.1, -0.05) is 0 Å². The molecule has 1 aliphatic rings. The molecule has 0 spiro atoms. The number of ether oxygens (including phenoxy) is 1. The van der Waals surface area contributed by atoms with Gasteiger partial charge in [-0.3, -0.25) is 4.79 Å². The number of amides is 1. The van der Waals surface area contributed by atoms with E-state index in [4.69, 9.17) is 9.84 Å². The van der Waals surface area contributed by atoms with Gasteiger partial charge in [-0.25, -0.2) is 4.79 Å². The van der Waals surface area contributed by atoms with Crippen molar-refractivity contribution in [1.82, 2.24) is 15.1 Å². The number of nitrogens with one attached hydrogen (secondary N) is 1. The minimum absolute atomic E-state index is 0.219. The Morgan fingerprint density at radius 1 is 1.04 bits per heavy atom. The number of carboxylic acids is 1. The van der Waals surface area contributed by atoms with E-state index in [0.717, 1.165) is 45.6 Å². The molecule has 0 unspecified atom stereocenters. The molecule has 1 aliphatic heterocycles. The zero-order valence-corrected chi connectivity index (χ0v) is 14.6. The number of nitrogens with zero attached hydrogens (tertiary/aromatic N) is 2. The van der Waals surface area contributed by atoms with Crippen molar-refractivity contribution in [3.63, 3.8) is 0 Å². The van der Waals surface area contributed by atoms with Crippen molar-refractivity contribution in [1.29, 1.82) is 0 Å². The summed E-state index contributed by atoms with van der Waals surface area (Å²) in [6.45, 7) is 11.7. The highest BCUT2D eigenvalue weighted by Crippen LogP contribution is 2.07. The summed E-state index contributed by atoms with van der Waals surface area (Å²) in [5.74, 6) is -0.732. The Bertz CT molecular complexity index is 374. The summed E-state index contributed by atoms with van der Waals surface area (Å²) in [6, 6.07) is 0. The lowest BCUT2D eigenvalue weighted by Gasteiger charge is -2.34. The maximum atomic E-state index is 11.5. The number of rotatable bonds is 8. The van der Waals surface area contributed by atoms with Crippen LogP contribution in [-0.2, 0) is 9.53 Å². The molecule has 23 heavy (non-hydrogen) atoms. The Hall–Kier alpha value is -1.34. The molecular formula is C16H31N3O4. The molecule has 1 amide bonds. The zero-order valence-electron chi connectivity index (χ0n) is 14.6. The molecule has 0 atom stereocenters. The number of hydrogen-bond acceptors (Lipinski definition) is 5. The van der Waals surface area contributed by atoms with Gasteiger partial charge in [-0.05, 0) is 40.2 Å². The fraction of sp³-hybridized carbons (Fsp3) is 0.875. The van der Waals surface area contributed by atoms with Crippen molar-refractivity contribution in [2.75, 3.05) is 45.8 Å². The van der Waals surface area contributed by atoms with Gasteiger partial charge in [0.15, 0.2) is 0 Å². The minimum Gasteiger partial charge on any atom is -0.481 e. The number of piperazine rings is 1.